The Bertz CT molecular complexity index is 435. The molecular weight excluding hydrogens is 226 g/mol. The molecule has 0 bridgehead atoms. The van der Waals surface area contributed by atoms with Crippen molar-refractivity contribution < 1.29 is 25.2 Å². The molecular formula is C11H13NO5. The van der Waals surface area contributed by atoms with Crippen molar-refractivity contribution in [2.45, 2.75) is 13.0 Å². The van der Waals surface area contributed by atoms with Crippen LogP contribution in [0.3, 0.4) is 0 Å². The standard InChI is InChI=1S/C11H13NO5/c1-6(12-7(5-13)11(16)17)10-8(14)3-2-4-9(10)15/h2-4,7,13-15H,5H2,1H3,(H,16,17)/b12-6-. The Kier molecular flexibility index (Phi) is 4.06. The highest BCUT2D eigenvalue weighted by atomic mass is 16.4. The lowest BCUT2D eigenvalue weighted by molar-refractivity contribution is -0.139. The van der Waals surface area contributed by atoms with Gasteiger partial charge in [0.2, 0.25) is 0 Å². The van der Waals surface area contributed by atoms with Crippen LogP contribution >= 0.6 is 0 Å². The summed E-state index contributed by atoms with van der Waals surface area (Å²) in [5, 5.41) is 36.6. The zero-order valence-corrected chi connectivity index (χ0v) is 9.16. The lowest BCUT2D eigenvalue weighted by Gasteiger charge is -2.09. The van der Waals surface area contributed by atoms with E-state index in [-0.39, 0.29) is 22.8 Å². The van der Waals surface area contributed by atoms with E-state index in [1.165, 1.54) is 25.1 Å². The fraction of sp³-hybridized carbons (Fsp3) is 0.273. The number of carboxylic acids is 1. The number of aliphatic imine (C=N–C) groups is 1. The van der Waals surface area contributed by atoms with Crippen LogP contribution in [0.5, 0.6) is 11.5 Å². The molecule has 0 aliphatic heterocycles. The maximum atomic E-state index is 10.7. The van der Waals surface area contributed by atoms with Crippen molar-refractivity contribution in [3.8, 4) is 11.5 Å². The molecule has 6 nitrogen and oxygen atoms in total. The Morgan fingerprint density at radius 1 is 1.35 bits per heavy atom. The Balaban J connectivity index is 3.15. The molecule has 0 aliphatic rings. The minimum Gasteiger partial charge on any atom is -0.507 e. The van der Waals surface area contributed by atoms with Crippen molar-refractivity contribution in [3.63, 3.8) is 0 Å². The van der Waals surface area contributed by atoms with Crippen molar-refractivity contribution in [3.05, 3.63) is 23.8 Å². The lowest BCUT2D eigenvalue weighted by atomic mass is 10.1. The first kappa shape index (κ1) is 13.0. The number of aliphatic hydroxyl groups excluding tert-OH is 1. The second-order valence-electron chi connectivity index (χ2n) is 3.42. The fourth-order valence-electron chi connectivity index (χ4n) is 1.37. The van der Waals surface area contributed by atoms with Crippen LogP contribution in [0.15, 0.2) is 23.2 Å². The van der Waals surface area contributed by atoms with E-state index in [1.807, 2.05) is 0 Å². The predicted molar refractivity (Wildman–Crippen MR) is 60.5 cm³/mol. The molecule has 6 heteroatoms. The summed E-state index contributed by atoms with van der Waals surface area (Å²) in [7, 11) is 0. The number of aliphatic hydroxyl groups is 1. The molecule has 0 aromatic heterocycles. The van der Waals surface area contributed by atoms with Crippen LogP contribution < -0.4 is 0 Å². The van der Waals surface area contributed by atoms with E-state index in [1.54, 1.807) is 0 Å². The minimum absolute atomic E-state index is 0.0622. The number of phenols is 2. The van der Waals surface area contributed by atoms with Gasteiger partial charge in [-0.2, -0.15) is 0 Å². The Labute approximate surface area is 97.5 Å². The first-order valence-electron chi connectivity index (χ1n) is 4.86. The minimum atomic E-state index is -1.31. The van der Waals surface area contributed by atoms with E-state index < -0.39 is 18.6 Å². The summed E-state index contributed by atoms with van der Waals surface area (Å²) in [6, 6.07) is 2.84. The Morgan fingerprint density at radius 2 is 1.88 bits per heavy atom. The van der Waals surface area contributed by atoms with Crippen molar-refractivity contribution >= 4 is 11.7 Å². The van der Waals surface area contributed by atoms with Gasteiger partial charge in [-0.05, 0) is 19.1 Å². The van der Waals surface area contributed by atoms with Gasteiger partial charge in [0, 0.05) is 5.71 Å². The molecule has 1 aromatic carbocycles. The summed E-state index contributed by atoms with van der Waals surface area (Å²) in [4.78, 5) is 14.4. The van der Waals surface area contributed by atoms with E-state index in [2.05, 4.69) is 4.99 Å². The smallest absolute Gasteiger partial charge is 0.330 e. The van der Waals surface area contributed by atoms with E-state index in [0.29, 0.717) is 0 Å². The topological polar surface area (TPSA) is 110 Å². The molecule has 4 N–H and O–H groups in total. The van der Waals surface area contributed by atoms with Gasteiger partial charge in [0.05, 0.1) is 12.2 Å². The van der Waals surface area contributed by atoms with Gasteiger partial charge >= 0.3 is 5.97 Å². The third-order valence-electron chi connectivity index (χ3n) is 2.19. The highest BCUT2D eigenvalue weighted by Gasteiger charge is 2.17. The SMILES string of the molecule is C/C(=N/C(CO)C(=O)O)c1c(O)cccc1O. The monoisotopic (exact) mass is 239 g/mol. The number of aliphatic carboxylic acids is 1. The summed E-state index contributed by atoms with van der Waals surface area (Å²) < 4.78 is 0. The second kappa shape index (κ2) is 5.31. The molecule has 0 aliphatic carbocycles. The molecule has 1 unspecified atom stereocenters. The van der Waals surface area contributed by atoms with E-state index in [0.717, 1.165) is 0 Å². The van der Waals surface area contributed by atoms with Crippen LogP contribution in [0.4, 0.5) is 0 Å². The summed E-state index contributed by atoms with van der Waals surface area (Å²) in [6.45, 7) is 0.793. The quantitative estimate of drug-likeness (QED) is 0.567. The van der Waals surface area contributed by atoms with Crippen LogP contribution in [0.25, 0.3) is 0 Å². The molecule has 0 saturated carbocycles. The van der Waals surface area contributed by atoms with Crippen molar-refractivity contribution in [2.75, 3.05) is 6.61 Å². The molecule has 0 spiro atoms. The van der Waals surface area contributed by atoms with Crippen LogP contribution in [-0.2, 0) is 4.79 Å². The molecule has 1 atom stereocenters. The van der Waals surface area contributed by atoms with Gasteiger partial charge in [0.25, 0.3) is 0 Å². The number of aromatic hydroxyl groups is 2. The molecule has 92 valence electrons. The van der Waals surface area contributed by atoms with E-state index in [4.69, 9.17) is 10.2 Å². The number of carbonyl (C=O) groups is 1. The largest absolute Gasteiger partial charge is 0.507 e. The van der Waals surface area contributed by atoms with Crippen LogP contribution in [0.1, 0.15) is 12.5 Å². The summed E-state index contributed by atoms with van der Waals surface area (Å²) in [5.74, 6) is -1.68. The van der Waals surface area contributed by atoms with Crippen LogP contribution in [-0.4, -0.2) is 44.8 Å². The average Bonchev–Trinajstić information content (AvgIpc) is 2.25. The maximum Gasteiger partial charge on any atom is 0.330 e. The number of phenolic OH excluding ortho intramolecular Hbond substituents is 2. The van der Waals surface area contributed by atoms with Gasteiger partial charge < -0.3 is 20.4 Å². The van der Waals surface area contributed by atoms with Gasteiger partial charge in [0.15, 0.2) is 6.04 Å². The first-order chi connectivity index (χ1) is 7.97. The summed E-state index contributed by atoms with van der Waals surface area (Å²) in [5.41, 5.74) is 0.203. The third kappa shape index (κ3) is 2.94. The van der Waals surface area contributed by atoms with Gasteiger partial charge in [-0.3, -0.25) is 4.99 Å². The molecule has 0 heterocycles. The normalized spacial score (nSPS) is 13.4. The van der Waals surface area contributed by atoms with Gasteiger partial charge in [-0.25, -0.2) is 4.79 Å². The maximum absolute atomic E-state index is 10.7. The highest BCUT2D eigenvalue weighted by Crippen LogP contribution is 2.27. The number of rotatable bonds is 4. The Hall–Kier alpha value is -2.08. The van der Waals surface area contributed by atoms with Gasteiger partial charge in [-0.1, -0.05) is 6.07 Å². The molecule has 1 rings (SSSR count). The first-order valence-corrected chi connectivity index (χ1v) is 4.86. The highest BCUT2D eigenvalue weighted by molar-refractivity contribution is 6.04. The molecule has 1 aromatic rings. The fourth-order valence-corrected chi connectivity index (χ4v) is 1.37. The third-order valence-corrected chi connectivity index (χ3v) is 2.19. The van der Waals surface area contributed by atoms with E-state index >= 15 is 0 Å². The van der Waals surface area contributed by atoms with Gasteiger partial charge in [0.1, 0.15) is 11.5 Å². The molecule has 0 fully saturated rings. The second-order valence-corrected chi connectivity index (χ2v) is 3.42. The van der Waals surface area contributed by atoms with Crippen LogP contribution in [0.2, 0.25) is 0 Å². The molecule has 17 heavy (non-hydrogen) atoms. The number of hydrogen-bond donors (Lipinski definition) is 4. The Morgan fingerprint density at radius 3 is 2.29 bits per heavy atom. The van der Waals surface area contributed by atoms with E-state index in [9.17, 15) is 15.0 Å². The van der Waals surface area contributed by atoms with Gasteiger partial charge in [-0.15, -0.1) is 0 Å². The number of benzene rings is 1. The zero-order chi connectivity index (χ0) is 13.0. The average molecular weight is 239 g/mol. The molecule has 0 amide bonds. The molecule has 0 saturated heterocycles. The number of carboxylic acid groups (broad SMARTS) is 1. The summed E-state index contributed by atoms with van der Waals surface area (Å²) in [6.07, 6.45) is 0. The lowest BCUT2D eigenvalue weighted by Crippen LogP contribution is -2.23. The van der Waals surface area contributed by atoms with Crippen molar-refractivity contribution in [2.24, 2.45) is 4.99 Å². The summed E-state index contributed by atoms with van der Waals surface area (Å²) >= 11 is 0. The number of nitrogens with zero attached hydrogens (tertiary/aromatic N) is 1. The van der Waals surface area contributed by atoms with Crippen LogP contribution in [0, 0.1) is 0 Å². The number of hydrogen-bond acceptors (Lipinski definition) is 5. The zero-order valence-electron chi connectivity index (χ0n) is 9.16. The molecule has 0 radical (unpaired) electrons. The predicted octanol–water partition coefficient (Wildman–Crippen LogP) is 0.352. The van der Waals surface area contributed by atoms with Crippen molar-refractivity contribution in [1.29, 1.82) is 0 Å². The van der Waals surface area contributed by atoms with Crippen molar-refractivity contribution in [1.82, 2.24) is 0 Å².